The molecule has 0 aromatic heterocycles. The summed E-state index contributed by atoms with van der Waals surface area (Å²) < 4.78 is 5.28. The lowest BCUT2D eigenvalue weighted by atomic mass is 10.1. The summed E-state index contributed by atoms with van der Waals surface area (Å²) in [6.07, 6.45) is 1.35. The molecule has 0 saturated heterocycles. The van der Waals surface area contributed by atoms with Gasteiger partial charge in [0.05, 0.1) is 12.2 Å². The second kappa shape index (κ2) is 6.19. The van der Waals surface area contributed by atoms with Gasteiger partial charge >= 0.3 is 0 Å². The minimum atomic E-state index is -0.0453. The summed E-state index contributed by atoms with van der Waals surface area (Å²) in [7, 11) is 0. The van der Waals surface area contributed by atoms with Crippen molar-refractivity contribution < 1.29 is 14.6 Å². The van der Waals surface area contributed by atoms with E-state index in [1.807, 2.05) is 19.1 Å². The smallest absolute Gasteiger partial charge is 0.166 e. The van der Waals surface area contributed by atoms with Gasteiger partial charge in [-0.05, 0) is 18.6 Å². The monoisotopic (exact) mass is 208 g/mol. The molecule has 0 bridgehead atoms. The number of Topliss-reactive ketones (excluding diaryl/α,β-unsaturated/α-hetero) is 1. The summed E-state index contributed by atoms with van der Waals surface area (Å²) in [4.78, 5) is 11.7. The van der Waals surface area contributed by atoms with E-state index in [2.05, 4.69) is 0 Å². The van der Waals surface area contributed by atoms with Crippen molar-refractivity contribution in [1.29, 1.82) is 0 Å². The molecule has 3 heteroatoms. The first-order chi connectivity index (χ1) is 7.29. The van der Waals surface area contributed by atoms with Gasteiger partial charge in [0.25, 0.3) is 0 Å². The Labute approximate surface area is 89.7 Å². The lowest BCUT2D eigenvalue weighted by Crippen LogP contribution is -2.07. The first kappa shape index (κ1) is 11.7. The van der Waals surface area contributed by atoms with Crippen LogP contribution in [0.5, 0.6) is 5.75 Å². The highest BCUT2D eigenvalue weighted by Crippen LogP contribution is 2.19. The maximum absolute atomic E-state index is 11.7. The summed E-state index contributed by atoms with van der Waals surface area (Å²) in [6.45, 7) is 2.14. The summed E-state index contributed by atoms with van der Waals surface area (Å²) in [6, 6.07) is 7.13. The van der Waals surface area contributed by atoms with Gasteiger partial charge < -0.3 is 9.84 Å². The number of aliphatic hydroxyl groups excluding tert-OH is 1. The Morgan fingerprint density at radius 1 is 1.40 bits per heavy atom. The zero-order valence-corrected chi connectivity index (χ0v) is 8.90. The molecule has 1 N–H and O–H groups in total. The van der Waals surface area contributed by atoms with E-state index < -0.39 is 0 Å². The SMILES string of the molecule is CCCC(=O)c1ccccc1OCCO. The molecule has 0 amide bonds. The number of hydrogen-bond acceptors (Lipinski definition) is 3. The van der Waals surface area contributed by atoms with Crippen molar-refractivity contribution >= 4 is 5.78 Å². The van der Waals surface area contributed by atoms with Crippen LogP contribution >= 0.6 is 0 Å². The largest absolute Gasteiger partial charge is 0.490 e. The molecule has 3 nitrogen and oxygen atoms in total. The normalized spacial score (nSPS) is 10.0. The molecule has 0 aliphatic carbocycles. The van der Waals surface area contributed by atoms with Crippen molar-refractivity contribution in [3.63, 3.8) is 0 Å². The van der Waals surface area contributed by atoms with E-state index in [4.69, 9.17) is 9.84 Å². The van der Waals surface area contributed by atoms with Crippen molar-refractivity contribution in [2.24, 2.45) is 0 Å². The topological polar surface area (TPSA) is 46.5 Å². The maximum Gasteiger partial charge on any atom is 0.166 e. The lowest BCUT2D eigenvalue weighted by Gasteiger charge is -2.08. The minimum Gasteiger partial charge on any atom is -0.490 e. The third kappa shape index (κ3) is 3.36. The Kier molecular flexibility index (Phi) is 4.84. The van der Waals surface area contributed by atoms with E-state index >= 15 is 0 Å². The number of ketones is 1. The Morgan fingerprint density at radius 3 is 2.80 bits per heavy atom. The van der Waals surface area contributed by atoms with Crippen molar-refractivity contribution in [3.05, 3.63) is 29.8 Å². The summed E-state index contributed by atoms with van der Waals surface area (Å²) in [5, 5.41) is 8.65. The van der Waals surface area contributed by atoms with E-state index in [-0.39, 0.29) is 19.0 Å². The Bertz CT molecular complexity index is 320. The number of aliphatic hydroxyl groups is 1. The number of benzene rings is 1. The Morgan fingerprint density at radius 2 is 2.13 bits per heavy atom. The van der Waals surface area contributed by atoms with Gasteiger partial charge in [-0.2, -0.15) is 0 Å². The Balaban J connectivity index is 2.80. The quantitative estimate of drug-likeness (QED) is 0.728. The number of ether oxygens (including phenoxy) is 1. The second-order valence-electron chi connectivity index (χ2n) is 3.24. The highest BCUT2D eigenvalue weighted by atomic mass is 16.5. The molecule has 82 valence electrons. The lowest BCUT2D eigenvalue weighted by molar-refractivity contribution is 0.0976. The van der Waals surface area contributed by atoms with E-state index in [0.717, 1.165) is 6.42 Å². The van der Waals surface area contributed by atoms with E-state index in [9.17, 15) is 4.79 Å². The van der Waals surface area contributed by atoms with Gasteiger partial charge in [0, 0.05) is 6.42 Å². The number of rotatable bonds is 6. The van der Waals surface area contributed by atoms with E-state index in [0.29, 0.717) is 17.7 Å². The van der Waals surface area contributed by atoms with E-state index in [1.165, 1.54) is 0 Å². The van der Waals surface area contributed by atoms with Crippen LogP contribution < -0.4 is 4.74 Å². The molecule has 0 aliphatic heterocycles. The molecule has 0 spiro atoms. The Hall–Kier alpha value is -1.35. The van der Waals surface area contributed by atoms with Gasteiger partial charge in [0.15, 0.2) is 5.78 Å². The highest BCUT2D eigenvalue weighted by molar-refractivity contribution is 5.98. The molecular formula is C12H16O3. The summed E-state index contributed by atoms with van der Waals surface area (Å²) in [5.74, 6) is 0.649. The van der Waals surface area contributed by atoms with Crippen molar-refractivity contribution in [2.45, 2.75) is 19.8 Å². The number of para-hydroxylation sites is 1. The van der Waals surface area contributed by atoms with Gasteiger partial charge in [0.1, 0.15) is 12.4 Å². The van der Waals surface area contributed by atoms with Crippen molar-refractivity contribution in [1.82, 2.24) is 0 Å². The van der Waals surface area contributed by atoms with Crippen molar-refractivity contribution in [3.8, 4) is 5.75 Å². The van der Waals surface area contributed by atoms with Crippen LogP contribution in [0.25, 0.3) is 0 Å². The van der Waals surface area contributed by atoms with Crippen LogP contribution in [0.2, 0.25) is 0 Å². The molecule has 1 rings (SSSR count). The molecule has 0 radical (unpaired) electrons. The molecule has 0 saturated carbocycles. The van der Waals surface area contributed by atoms with Gasteiger partial charge in [-0.3, -0.25) is 4.79 Å². The fourth-order valence-electron chi connectivity index (χ4n) is 1.34. The first-order valence-corrected chi connectivity index (χ1v) is 5.15. The number of hydrogen-bond donors (Lipinski definition) is 1. The van der Waals surface area contributed by atoms with Crippen LogP contribution in [-0.4, -0.2) is 24.1 Å². The molecule has 15 heavy (non-hydrogen) atoms. The molecular weight excluding hydrogens is 192 g/mol. The van der Waals surface area contributed by atoms with Crippen LogP contribution in [0.15, 0.2) is 24.3 Å². The third-order valence-corrected chi connectivity index (χ3v) is 2.01. The zero-order chi connectivity index (χ0) is 11.1. The fraction of sp³-hybridized carbons (Fsp3) is 0.417. The minimum absolute atomic E-state index is 0.0453. The number of carbonyl (C=O) groups is 1. The van der Waals surface area contributed by atoms with Crippen LogP contribution in [0.1, 0.15) is 30.1 Å². The summed E-state index contributed by atoms with van der Waals surface area (Å²) in [5.41, 5.74) is 0.604. The number of carbonyl (C=O) groups excluding carboxylic acids is 1. The summed E-state index contributed by atoms with van der Waals surface area (Å²) >= 11 is 0. The van der Waals surface area contributed by atoms with E-state index in [1.54, 1.807) is 12.1 Å². The van der Waals surface area contributed by atoms with Crippen LogP contribution in [0, 0.1) is 0 Å². The molecule has 1 aromatic rings. The second-order valence-corrected chi connectivity index (χ2v) is 3.24. The first-order valence-electron chi connectivity index (χ1n) is 5.15. The van der Waals surface area contributed by atoms with Gasteiger partial charge in [-0.15, -0.1) is 0 Å². The molecule has 0 aliphatic rings. The fourth-order valence-corrected chi connectivity index (χ4v) is 1.34. The average molecular weight is 208 g/mol. The zero-order valence-electron chi connectivity index (χ0n) is 8.90. The third-order valence-electron chi connectivity index (χ3n) is 2.01. The van der Waals surface area contributed by atoms with Crippen LogP contribution in [-0.2, 0) is 0 Å². The predicted octanol–water partition coefficient (Wildman–Crippen LogP) is 2.04. The highest BCUT2D eigenvalue weighted by Gasteiger charge is 2.10. The van der Waals surface area contributed by atoms with Crippen molar-refractivity contribution in [2.75, 3.05) is 13.2 Å². The standard InChI is InChI=1S/C12H16O3/c1-2-5-11(14)10-6-3-4-7-12(10)15-9-8-13/h3-4,6-7,13H,2,5,8-9H2,1H3. The molecule has 1 aromatic carbocycles. The van der Waals surface area contributed by atoms with Gasteiger partial charge in [-0.1, -0.05) is 19.1 Å². The van der Waals surface area contributed by atoms with Gasteiger partial charge in [-0.25, -0.2) is 0 Å². The molecule has 0 atom stereocenters. The maximum atomic E-state index is 11.7. The predicted molar refractivity (Wildman–Crippen MR) is 58.3 cm³/mol. The van der Waals surface area contributed by atoms with Crippen LogP contribution in [0.4, 0.5) is 0 Å². The molecule has 0 heterocycles. The average Bonchev–Trinajstić information content (AvgIpc) is 2.27. The molecule has 0 fully saturated rings. The van der Waals surface area contributed by atoms with Crippen LogP contribution in [0.3, 0.4) is 0 Å². The van der Waals surface area contributed by atoms with Gasteiger partial charge in [0.2, 0.25) is 0 Å². The molecule has 0 unspecified atom stereocenters.